The lowest BCUT2D eigenvalue weighted by atomic mass is 10.1. The predicted octanol–water partition coefficient (Wildman–Crippen LogP) is 2.98. The van der Waals surface area contributed by atoms with Crippen LogP contribution in [0, 0.1) is 6.92 Å². The SMILES string of the molecule is Cc1cc(-c2nc3c(=O)n(C4CCN(C)CC4)cnc3s2)cc2cn(C)nc12. The van der Waals surface area contributed by atoms with Crippen molar-refractivity contribution in [3.8, 4) is 10.6 Å². The van der Waals surface area contributed by atoms with Crippen molar-refractivity contribution in [3.63, 3.8) is 0 Å². The standard InChI is InChI=1S/C20H22N6OS/c1-12-8-13(9-14-10-25(3)23-16(12)14)18-22-17-19(28-18)21-11-26(20(17)27)15-4-6-24(2)7-5-15/h8-11,15H,4-7H2,1-3H3. The van der Waals surface area contributed by atoms with Crippen molar-refractivity contribution in [2.75, 3.05) is 20.1 Å². The molecule has 0 unspecified atom stereocenters. The van der Waals surface area contributed by atoms with Gasteiger partial charge in [0.1, 0.15) is 5.01 Å². The lowest BCUT2D eigenvalue weighted by molar-refractivity contribution is 0.218. The molecule has 144 valence electrons. The van der Waals surface area contributed by atoms with Gasteiger partial charge in [-0.3, -0.25) is 14.0 Å². The maximum absolute atomic E-state index is 13.1. The molecule has 7 nitrogen and oxygen atoms in total. The molecule has 0 bridgehead atoms. The van der Waals surface area contributed by atoms with E-state index in [2.05, 4.69) is 41.1 Å². The second-order valence-corrected chi connectivity index (χ2v) is 8.68. The third-order valence-corrected chi connectivity index (χ3v) is 6.60. The summed E-state index contributed by atoms with van der Waals surface area (Å²) < 4.78 is 3.61. The van der Waals surface area contributed by atoms with E-state index in [1.54, 1.807) is 10.9 Å². The van der Waals surface area contributed by atoms with Gasteiger partial charge in [-0.25, -0.2) is 9.97 Å². The molecule has 28 heavy (non-hydrogen) atoms. The summed E-state index contributed by atoms with van der Waals surface area (Å²) in [7, 11) is 4.04. The maximum atomic E-state index is 13.1. The molecule has 1 fully saturated rings. The van der Waals surface area contributed by atoms with Crippen LogP contribution < -0.4 is 5.56 Å². The summed E-state index contributed by atoms with van der Waals surface area (Å²) >= 11 is 1.47. The highest BCUT2D eigenvalue weighted by atomic mass is 32.1. The van der Waals surface area contributed by atoms with Crippen LogP contribution in [0.15, 0.2) is 29.5 Å². The van der Waals surface area contributed by atoms with Crippen LogP contribution in [0.2, 0.25) is 0 Å². The third-order valence-electron chi connectivity index (χ3n) is 5.59. The smallest absolute Gasteiger partial charge is 0.281 e. The van der Waals surface area contributed by atoms with Crippen LogP contribution in [0.25, 0.3) is 31.8 Å². The number of benzene rings is 1. The number of fused-ring (bicyclic) bond motifs is 2. The largest absolute Gasteiger partial charge is 0.306 e. The minimum Gasteiger partial charge on any atom is -0.306 e. The lowest BCUT2D eigenvalue weighted by Crippen LogP contribution is -2.35. The first-order chi connectivity index (χ1) is 13.5. The van der Waals surface area contributed by atoms with E-state index in [0.717, 1.165) is 53.0 Å². The van der Waals surface area contributed by atoms with Crippen LogP contribution in [0.4, 0.5) is 0 Å². The Bertz CT molecular complexity index is 1250. The van der Waals surface area contributed by atoms with E-state index in [0.29, 0.717) is 10.3 Å². The lowest BCUT2D eigenvalue weighted by Gasteiger charge is -2.29. The average molecular weight is 395 g/mol. The molecule has 0 amide bonds. The summed E-state index contributed by atoms with van der Waals surface area (Å²) in [6, 6.07) is 4.38. The predicted molar refractivity (Wildman–Crippen MR) is 112 cm³/mol. The number of aromatic nitrogens is 5. The van der Waals surface area contributed by atoms with Crippen LogP contribution in [-0.2, 0) is 7.05 Å². The first kappa shape index (κ1) is 17.5. The first-order valence-electron chi connectivity index (χ1n) is 9.50. The number of thiazole rings is 1. The van der Waals surface area contributed by atoms with E-state index in [1.807, 2.05) is 17.9 Å². The molecule has 1 aliphatic rings. The molecule has 0 N–H and O–H groups in total. The zero-order valence-electron chi connectivity index (χ0n) is 16.2. The maximum Gasteiger partial charge on any atom is 0.281 e. The topological polar surface area (TPSA) is 68.8 Å². The number of piperidine rings is 1. The van der Waals surface area contributed by atoms with Gasteiger partial charge < -0.3 is 4.90 Å². The van der Waals surface area contributed by atoms with Crippen molar-refractivity contribution in [1.82, 2.24) is 29.2 Å². The Hall–Kier alpha value is -2.58. The average Bonchev–Trinajstić information content (AvgIpc) is 3.27. The van der Waals surface area contributed by atoms with Gasteiger partial charge in [0.15, 0.2) is 10.3 Å². The Labute approximate surface area is 166 Å². The molecular weight excluding hydrogens is 372 g/mol. The Kier molecular flexibility index (Phi) is 4.06. The molecule has 0 atom stereocenters. The van der Waals surface area contributed by atoms with Crippen molar-refractivity contribution in [2.24, 2.45) is 7.05 Å². The van der Waals surface area contributed by atoms with Crippen molar-refractivity contribution >= 4 is 32.6 Å². The Morgan fingerprint density at radius 3 is 2.71 bits per heavy atom. The van der Waals surface area contributed by atoms with Gasteiger partial charge in [-0.15, -0.1) is 0 Å². The highest BCUT2D eigenvalue weighted by molar-refractivity contribution is 7.21. The molecule has 1 aromatic carbocycles. The van der Waals surface area contributed by atoms with Crippen molar-refractivity contribution in [2.45, 2.75) is 25.8 Å². The number of hydrogen-bond donors (Lipinski definition) is 0. The molecule has 4 aromatic rings. The van der Waals surface area contributed by atoms with Gasteiger partial charge in [0.2, 0.25) is 0 Å². The van der Waals surface area contributed by atoms with Gasteiger partial charge in [0.05, 0.1) is 11.8 Å². The minimum absolute atomic E-state index is 0.0266. The highest BCUT2D eigenvalue weighted by Crippen LogP contribution is 2.31. The molecule has 0 spiro atoms. The van der Waals surface area contributed by atoms with Crippen molar-refractivity contribution in [3.05, 3.63) is 40.6 Å². The normalized spacial score (nSPS) is 16.4. The highest BCUT2D eigenvalue weighted by Gasteiger charge is 2.21. The first-order valence-corrected chi connectivity index (χ1v) is 10.3. The van der Waals surface area contributed by atoms with E-state index in [9.17, 15) is 4.79 Å². The fraction of sp³-hybridized carbons (Fsp3) is 0.400. The molecule has 3 aromatic heterocycles. The zero-order chi connectivity index (χ0) is 19.4. The van der Waals surface area contributed by atoms with Crippen LogP contribution in [0.3, 0.4) is 0 Å². The van der Waals surface area contributed by atoms with Crippen LogP contribution in [0.1, 0.15) is 24.4 Å². The summed E-state index contributed by atoms with van der Waals surface area (Å²) in [4.78, 5) is 25.3. The molecule has 8 heteroatoms. The quantitative estimate of drug-likeness (QED) is 0.523. The van der Waals surface area contributed by atoms with Gasteiger partial charge in [-0.1, -0.05) is 11.3 Å². The molecule has 5 rings (SSSR count). The molecule has 0 aliphatic carbocycles. The number of aryl methyl sites for hydroxylation is 2. The monoisotopic (exact) mass is 394 g/mol. The second-order valence-electron chi connectivity index (χ2n) is 7.70. The Morgan fingerprint density at radius 2 is 1.93 bits per heavy atom. The molecule has 4 heterocycles. The number of rotatable bonds is 2. The summed E-state index contributed by atoms with van der Waals surface area (Å²) in [5.41, 5.74) is 3.55. The molecule has 1 saturated heterocycles. The third kappa shape index (κ3) is 2.84. The van der Waals surface area contributed by atoms with E-state index in [-0.39, 0.29) is 11.6 Å². The van der Waals surface area contributed by atoms with E-state index in [1.165, 1.54) is 11.3 Å². The number of nitrogens with zero attached hydrogens (tertiary/aromatic N) is 6. The molecular formula is C20H22N6OS. The van der Waals surface area contributed by atoms with Crippen LogP contribution >= 0.6 is 11.3 Å². The van der Waals surface area contributed by atoms with Gasteiger partial charge in [-0.05, 0) is 57.6 Å². The van der Waals surface area contributed by atoms with Crippen LogP contribution in [-0.4, -0.2) is 49.4 Å². The Balaban J connectivity index is 1.59. The fourth-order valence-electron chi connectivity index (χ4n) is 4.04. The van der Waals surface area contributed by atoms with Gasteiger partial charge in [0.25, 0.3) is 5.56 Å². The van der Waals surface area contributed by atoms with E-state index in [4.69, 9.17) is 4.98 Å². The van der Waals surface area contributed by atoms with Gasteiger partial charge >= 0.3 is 0 Å². The Morgan fingerprint density at radius 1 is 1.14 bits per heavy atom. The second kappa shape index (κ2) is 6.49. The minimum atomic E-state index is -0.0266. The number of likely N-dealkylation sites (tertiary alicyclic amines) is 1. The molecule has 1 aliphatic heterocycles. The fourth-order valence-corrected chi connectivity index (χ4v) is 4.92. The molecule has 0 radical (unpaired) electrons. The summed E-state index contributed by atoms with van der Waals surface area (Å²) in [5.74, 6) is 0. The zero-order valence-corrected chi connectivity index (χ0v) is 17.0. The van der Waals surface area contributed by atoms with Crippen LogP contribution in [0.5, 0.6) is 0 Å². The van der Waals surface area contributed by atoms with Gasteiger partial charge in [-0.2, -0.15) is 5.10 Å². The number of hydrogen-bond acceptors (Lipinski definition) is 6. The van der Waals surface area contributed by atoms with Crippen molar-refractivity contribution < 1.29 is 0 Å². The van der Waals surface area contributed by atoms with E-state index < -0.39 is 0 Å². The summed E-state index contributed by atoms with van der Waals surface area (Å²) in [6.45, 7) is 4.06. The van der Waals surface area contributed by atoms with E-state index >= 15 is 0 Å². The van der Waals surface area contributed by atoms with Gasteiger partial charge in [0, 0.05) is 30.2 Å². The summed E-state index contributed by atoms with van der Waals surface area (Å²) in [6.07, 6.45) is 5.65. The van der Waals surface area contributed by atoms with Crippen molar-refractivity contribution in [1.29, 1.82) is 0 Å². The summed E-state index contributed by atoms with van der Waals surface area (Å²) in [5, 5.41) is 6.41. The molecule has 0 saturated carbocycles.